The molecule has 0 spiro atoms. The van der Waals surface area contributed by atoms with Gasteiger partial charge in [0.05, 0.1) is 10.6 Å². The van der Waals surface area contributed by atoms with E-state index >= 15 is 0 Å². The molecule has 0 saturated heterocycles. The Bertz CT molecular complexity index is 1200. The molecule has 1 N–H and O–H groups in total. The van der Waals surface area contributed by atoms with Crippen LogP contribution in [0.3, 0.4) is 0 Å². The summed E-state index contributed by atoms with van der Waals surface area (Å²) in [6.45, 7) is 2.35. The minimum Gasteiger partial charge on any atom is -0.379 e. The van der Waals surface area contributed by atoms with Crippen LogP contribution in [0, 0.1) is 0 Å². The number of allylic oxidation sites excluding steroid dienone is 1. The first-order valence-corrected chi connectivity index (χ1v) is 11.2. The lowest BCUT2D eigenvalue weighted by atomic mass is 10.0. The average molecular weight is 419 g/mol. The molecule has 30 heavy (non-hydrogen) atoms. The summed E-state index contributed by atoms with van der Waals surface area (Å²) in [5.41, 5.74) is 2.67. The zero-order chi connectivity index (χ0) is 21.1. The Morgan fingerprint density at radius 3 is 2.13 bits per heavy atom. The third-order valence-corrected chi connectivity index (χ3v) is 6.99. The van der Waals surface area contributed by atoms with Gasteiger partial charge in [-0.25, -0.2) is 8.42 Å². The number of hydrogen-bond donors (Lipinski definition) is 1. The first-order valence-electron chi connectivity index (χ1n) is 9.78. The molecule has 0 bridgehead atoms. The van der Waals surface area contributed by atoms with Crippen LogP contribution in [0.2, 0.25) is 0 Å². The highest BCUT2D eigenvalue weighted by molar-refractivity contribution is 7.89. The van der Waals surface area contributed by atoms with Crippen LogP contribution in [-0.4, -0.2) is 25.1 Å². The van der Waals surface area contributed by atoms with E-state index in [4.69, 9.17) is 0 Å². The normalized spacial score (nSPS) is 14.9. The number of fused-ring (bicyclic) bond motifs is 1. The standard InChI is InChI=1S/C24H22N2O3S/c1-2-26-23(24(27)19-13-7-4-8-14-19)22(25-17-18-11-5-3-6-12-18)20-15-9-10-16-21(20)30(26,28)29/h3-16,25H,2,17H2,1H3. The molecule has 5 nitrogen and oxygen atoms in total. The summed E-state index contributed by atoms with van der Waals surface area (Å²) in [4.78, 5) is 13.7. The second kappa shape index (κ2) is 8.16. The van der Waals surface area contributed by atoms with E-state index in [1.807, 2.05) is 36.4 Å². The second-order valence-electron chi connectivity index (χ2n) is 6.92. The molecule has 0 radical (unpaired) electrons. The van der Waals surface area contributed by atoms with Gasteiger partial charge < -0.3 is 5.32 Å². The van der Waals surface area contributed by atoms with Crippen molar-refractivity contribution in [3.8, 4) is 0 Å². The highest BCUT2D eigenvalue weighted by atomic mass is 32.2. The van der Waals surface area contributed by atoms with E-state index in [0.29, 0.717) is 23.4 Å². The van der Waals surface area contributed by atoms with Crippen molar-refractivity contribution in [1.29, 1.82) is 0 Å². The summed E-state index contributed by atoms with van der Waals surface area (Å²) in [5, 5.41) is 3.35. The number of likely N-dealkylation sites (N-methyl/N-ethyl adjacent to an activating group) is 1. The van der Waals surface area contributed by atoms with Gasteiger partial charge in [-0.3, -0.25) is 9.10 Å². The molecule has 6 heteroatoms. The largest absolute Gasteiger partial charge is 0.379 e. The van der Waals surface area contributed by atoms with Gasteiger partial charge in [0.2, 0.25) is 5.78 Å². The smallest absolute Gasteiger partial charge is 0.265 e. The van der Waals surface area contributed by atoms with E-state index in [0.717, 1.165) is 5.56 Å². The lowest BCUT2D eigenvalue weighted by molar-refractivity contribution is 0.101. The molecule has 1 aliphatic rings. The summed E-state index contributed by atoms with van der Waals surface area (Å²) in [6, 6.07) is 25.4. The number of rotatable bonds is 6. The Balaban J connectivity index is 1.91. The van der Waals surface area contributed by atoms with E-state index in [1.54, 1.807) is 55.5 Å². The van der Waals surface area contributed by atoms with E-state index in [9.17, 15) is 13.2 Å². The number of benzene rings is 3. The quantitative estimate of drug-likeness (QED) is 0.613. The lowest BCUT2D eigenvalue weighted by Crippen LogP contribution is -2.40. The second-order valence-corrected chi connectivity index (χ2v) is 8.75. The summed E-state index contributed by atoms with van der Waals surface area (Å²) >= 11 is 0. The molecular formula is C24H22N2O3S. The number of nitrogens with zero attached hydrogens (tertiary/aromatic N) is 1. The molecule has 0 aliphatic carbocycles. The van der Waals surface area contributed by atoms with Crippen molar-refractivity contribution in [3.05, 3.63) is 107 Å². The fourth-order valence-electron chi connectivity index (χ4n) is 3.64. The highest BCUT2D eigenvalue weighted by Gasteiger charge is 2.39. The minimum atomic E-state index is -3.84. The van der Waals surface area contributed by atoms with Gasteiger partial charge in [-0.05, 0) is 18.6 Å². The zero-order valence-electron chi connectivity index (χ0n) is 16.6. The maximum atomic E-state index is 13.5. The zero-order valence-corrected chi connectivity index (χ0v) is 17.4. The molecule has 3 aromatic rings. The van der Waals surface area contributed by atoms with Crippen LogP contribution in [-0.2, 0) is 16.6 Å². The maximum absolute atomic E-state index is 13.5. The molecular weight excluding hydrogens is 396 g/mol. The van der Waals surface area contributed by atoms with Gasteiger partial charge in [-0.2, -0.15) is 0 Å². The first kappa shape index (κ1) is 19.9. The SMILES string of the molecule is CCN1C(C(=O)c2ccccc2)=C(NCc2ccccc2)c2ccccc2S1(=O)=O. The van der Waals surface area contributed by atoms with Crippen molar-refractivity contribution in [2.45, 2.75) is 18.4 Å². The Morgan fingerprint density at radius 2 is 1.47 bits per heavy atom. The third kappa shape index (κ3) is 3.50. The van der Waals surface area contributed by atoms with Crippen molar-refractivity contribution in [2.75, 3.05) is 6.54 Å². The fourth-order valence-corrected chi connectivity index (χ4v) is 5.33. The Kier molecular flexibility index (Phi) is 5.42. The maximum Gasteiger partial charge on any atom is 0.265 e. The number of hydrogen-bond acceptors (Lipinski definition) is 4. The Hall–Kier alpha value is -3.38. The molecule has 3 aromatic carbocycles. The van der Waals surface area contributed by atoms with Crippen molar-refractivity contribution in [2.24, 2.45) is 0 Å². The molecule has 152 valence electrons. The van der Waals surface area contributed by atoms with Crippen LogP contribution >= 0.6 is 0 Å². The molecule has 0 aromatic heterocycles. The van der Waals surface area contributed by atoms with Crippen LogP contribution in [0.15, 0.2) is 95.5 Å². The highest BCUT2D eigenvalue weighted by Crippen LogP contribution is 2.36. The van der Waals surface area contributed by atoms with Gasteiger partial charge in [0.15, 0.2) is 0 Å². The fraction of sp³-hybridized carbons (Fsp3) is 0.125. The van der Waals surface area contributed by atoms with Gasteiger partial charge in [-0.1, -0.05) is 78.9 Å². The molecule has 0 unspecified atom stereocenters. The van der Waals surface area contributed by atoms with E-state index < -0.39 is 10.0 Å². The Labute approximate surface area is 176 Å². The van der Waals surface area contributed by atoms with E-state index in [1.165, 1.54) is 4.31 Å². The van der Waals surface area contributed by atoms with Crippen LogP contribution in [0.5, 0.6) is 0 Å². The molecule has 0 atom stereocenters. The van der Waals surface area contributed by atoms with Gasteiger partial charge in [0, 0.05) is 24.2 Å². The van der Waals surface area contributed by atoms with Gasteiger partial charge in [0.1, 0.15) is 5.70 Å². The van der Waals surface area contributed by atoms with Crippen molar-refractivity contribution < 1.29 is 13.2 Å². The van der Waals surface area contributed by atoms with E-state index in [-0.39, 0.29) is 22.9 Å². The molecule has 0 amide bonds. The van der Waals surface area contributed by atoms with Gasteiger partial charge in [-0.15, -0.1) is 0 Å². The summed E-state index contributed by atoms with van der Waals surface area (Å²) in [5.74, 6) is -0.328. The van der Waals surface area contributed by atoms with Crippen molar-refractivity contribution in [1.82, 2.24) is 9.62 Å². The minimum absolute atomic E-state index is 0.151. The molecule has 4 rings (SSSR count). The number of nitrogens with one attached hydrogen (secondary N) is 1. The van der Waals surface area contributed by atoms with Crippen LogP contribution in [0.25, 0.3) is 5.70 Å². The van der Waals surface area contributed by atoms with Crippen LogP contribution in [0.1, 0.15) is 28.4 Å². The molecule has 0 saturated carbocycles. The number of sulfonamides is 1. The number of carbonyl (C=O) groups is 1. The first-order chi connectivity index (χ1) is 14.5. The predicted octanol–water partition coefficient (Wildman–Crippen LogP) is 4.05. The Morgan fingerprint density at radius 1 is 0.867 bits per heavy atom. The number of Topliss-reactive ketones (excluding diaryl/α,β-unsaturated/α-hetero) is 1. The summed E-state index contributed by atoms with van der Waals surface area (Å²) < 4.78 is 27.8. The van der Waals surface area contributed by atoms with Gasteiger partial charge >= 0.3 is 0 Å². The van der Waals surface area contributed by atoms with Crippen molar-refractivity contribution in [3.63, 3.8) is 0 Å². The van der Waals surface area contributed by atoms with E-state index in [2.05, 4.69) is 5.32 Å². The molecule has 1 heterocycles. The number of ketones is 1. The molecule has 0 fully saturated rings. The summed E-state index contributed by atoms with van der Waals surface area (Å²) in [7, 11) is -3.84. The topological polar surface area (TPSA) is 66.5 Å². The lowest BCUT2D eigenvalue weighted by Gasteiger charge is -2.33. The van der Waals surface area contributed by atoms with Gasteiger partial charge in [0.25, 0.3) is 10.0 Å². The summed E-state index contributed by atoms with van der Waals surface area (Å²) in [6.07, 6.45) is 0. The van der Waals surface area contributed by atoms with Crippen LogP contribution in [0.4, 0.5) is 0 Å². The third-order valence-electron chi connectivity index (χ3n) is 5.06. The average Bonchev–Trinajstić information content (AvgIpc) is 2.79. The monoisotopic (exact) mass is 418 g/mol. The molecule has 1 aliphatic heterocycles. The van der Waals surface area contributed by atoms with Crippen LogP contribution < -0.4 is 5.32 Å². The van der Waals surface area contributed by atoms with Crippen molar-refractivity contribution >= 4 is 21.5 Å². The predicted molar refractivity (Wildman–Crippen MR) is 117 cm³/mol. The number of carbonyl (C=O) groups excluding carboxylic acids is 1.